The first-order chi connectivity index (χ1) is 8.21. The quantitative estimate of drug-likeness (QED) is 0.531. The van der Waals surface area contributed by atoms with Gasteiger partial charge in [0.05, 0.1) is 8.07 Å². The van der Waals surface area contributed by atoms with Gasteiger partial charge in [0.1, 0.15) is 0 Å². The van der Waals surface area contributed by atoms with Crippen LogP contribution >= 0.6 is 0 Å². The molecule has 0 aromatic heterocycles. The summed E-state index contributed by atoms with van der Waals surface area (Å²) in [6, 6.07) is 11.2. The Kier molecular flexibility index (Phi) is 4.22. The summed E-state index contributed by atoms with van der Waals surface area (Å²) in [5.41, 5.74) is 0.824. The number of allylic oxidation sites excluding steroid dienone is 2. The van der Waals surface area contributed by atoms with Crippen LogP contribution in [0.25, 0.3) is 0 Å². The van der Waals surface area contributed by atoms with E-state index in [0.29, 0.717) is 0 Å². The Morgan fingerprint density at radius 3 is 2.53 bits per heavy atom. The molecule has 0 saturated heterocycles. The van der Waals surface area contributed by atoms with Gasteiger partial charge in [-0.3, -0.25) is 0 Å². The second kappa shape index (κ2) is 5.68. The van der Waals surface area contributed by atoms with Crippen molar-refractivity contribution in [2.24, 2.45) is 0 Å². The SMILES string of the molecule is C[Si](C)(c1ccccc1)C1/C=C\CCCCC1. The molecule has 0 radical (unpaired) electrons. The van der Waals surface area contributed by atoms with Crippen LogP contribution in [0.5, 0.6) is 0 Å². The van der Waals surface area contributed by atoms with Gasteiger partial charge in [-0.1, -0.05) is 73.6 Å². The van der Waals surface area contributed by atoms with Gasteiger partial charge >= 0.3 is 0 Å². The third-order valence-corrected chi connectivity index (χ3v) is 8.36. The molecule has 0 nitrogen and oxygen atoms in total. The maximum atomic E-state index is 2.53. The fourth-order valence-electron chi connectivity index (χ4n) is 2.84. The van der Waals surface area contributed by atoms with Crippen molar-refractivity contribution < 1.29 is 0 Å². The van der Waals surface area contributed by atoms with E-state index in [2.05, 4.69) is 55.6 Å². The van der Waals surface area contributed by atoms with Crippen LogP contribution in [0.2, 0.25) is 18.6 Å². The number of hydrogen-bond donors (Lipinski definition) is 0. The third kappa shape index (κ3) is 3.10. The Balaban J connectivity index is 2.21. The van der Waals surface area contributed by atoms with E-state index in [1.807, 2.05) is 0 Å². The van der Waals surface area contributed by atoms with Gasteiger partial charge in [0.2, 0.25) is 0 Å². The molecule has 2 rings (SSSR count). The van der Waals surface area contributed by atoms with Crippen molar-refractivity contribution in [3.05, 3.63) is 42.5 Å². The van der Waals surface area contributed by atoms with Gasteiger partial charge in [-0.25, -0.2) is 0 Å². The summed E-state index contributed by atoms with van der Waals surface area (Å²) in [5, 5.41) is 1.61. The molecule has 1 aromatic rings. The van der Waals surface area contributed by atoms with E-state index in [1.165, 1.54) is 32.1 Å². The average Bonchev–Trinajstić information content (AvgIpc) is 2.29. The van der Waals surface area contributed by atoms with Gasteiger partial charge < -0.3 is 0 Å². The summed E-state index contributed by atoms with van der Waals surface area (Å²) in [7, 11) is -1.32. The second-order valence-electron chi connectivity index (χ2n) is 5.76. The van der Waals surface area contributed by atoms with E-state index < -0.39 is 8.07 Å². The molecule has 0 aliphatic heterocycles. The van der Waals surface area contributed by atoms with Crippen LogP contribution in [0, 0.1) is 0 Å². The van der Waals surface area contributed by atoms with Crippen molar-refractivity contribution >= 4 is 13.3 Å². The highest BCUT2D eigenvalue weighted by atomic mass is 28.3. The van der Waals surface area contributed by atoms with Crippen LogP contribution in [-0.4, -0.2) is 8.07 Å². The Labute approximate surface area is 107 Å². The van der Waals surface area contributed by atoms with Crippen molar-refractivity contribution in [3.8, 4) is 0 Å². The second-order valence-corrected chi connectivity index (χ2v) is 10.5. The Hall–Kier alpha value is -0.823. The maximum Gasteiger partial charge on any atom is 0.0873 e. The normalized spacial score (nSPS) is 23.8. The molecule has 1 atom stereocenters. The lowest BCUT2D eigenvalue weighted by atomic mass is 10.1. The molecule has 0 amide bonds. The molecule has 1 unspecified atom stereocenters. The first kappa shape index (κ1) is 12.6. The van der Waals surface area contributed by atoms with Crippen LogP contribution in [0.15, 0.2) is 42.5 Å². The molecule has 0 saturated carbocycles. The predicted molar refractivity (Wildman–Crippen MR) is 79.5 cm³/mol. The molecule has 1 aliphatic carbocycles. The highest BCUT2D eigenvalue weighted by Crippen LogP contribution is 2.31. The lowest BCUT2D eigenvalue weighted by molar-refractivity contribution is 0.631. The highest BCUT2D eigenvalue weighted by Gasteiger charge is 2.31. The van der Waals surface area contributed by atoms with Crippen LogP contribution in [0.1, 0.15) is 32.1 Å². The number of hydrogen-bond acceptors (Lipinski definition) is 0. The van der Waals surface area contributed by atoms with Gasteiger partial charge in [-0.05, 0) is 24.8 Å². The molecule has 1 heteroatoms. The van der Waals surface area contributed by atoms with E-state index in [4.69, 9.17) is 0 Å². The van der Waals surface area contributed by atoms with Gasteiger partial charge in [-0.15, -0.1) is 0 Å². The highest BCUT2D eigenvalue weighted by molar-refractivity contribution is 6.91. The van der Waals surface area contributed by atoms with Crippen molar-refractivity contribution in [1.29, 1.82) is 0 Å². The van der Waals surface area contributed by atoms with Crippen LogP contribution in [0.4, 0.5) is 0 Å². The lowest BCUT2D eigenvalue weighted by Gasteiger charge is -2.32. The molecule has 0 bridgehead atoms. The topological polar surface area (TPSA) is 0 Å². The Bertz CT molecular complexity index is 364. The van der Waals surface area contributed by atoms with Crippen molar-refractivity contribution in [3.63, 3.8) is 0 Å². The molecule has 92 valence electrons. The van der Waals surface area contributed by atoms with E-state index in [0.717, 1.165) is 5.54 Å². The summed E-state index contributed by atoms with van der Waals surface area (Å²) in [4.78, 5) is 0. The molecular weight excluding hydrogens is 220 g/mol. The van der Waals surface area contributed by atoms with Crippen molar-refractivity contribution in [2.45, 2.75) is 50.7 Å². The van der Waals surface area contributed by atoms with Crippen molar-refractivity contribution in [1.82, 2.24) is 0 Å². The fourth-order valence-corrected chi connectivity index (χ4v) is 5.87. The minimum atomic E-state index is -1.32. The van der Waals surface area contributed by atoms with Gasteiger partial charge in [0.15, 0.2) is 0 Å². The molecule has 0 fully saturated rings. The minimum Gasteiger partial charge on any atom is -0.0885 e. The van der Waals surface area contributed by atoms with Gasteiger partial charge in [-0.2, -0.15) is 0 Å². The monoisotopic (exact) mass is 244 g/mol. The molecule has 1 aliphatic rings. The Morgan fingerprint density at radius 1 is 1.00 bits per heavy atom. The van der Waals surface area contributed by atoms with E-state index in [1.54, 1.807) is 5.19 Å². The summed E-state index contributed by atoms with van der Waals surface area (Å²) in [5.74, 6) is 0. The molecule has 17 heavy (non-hydrogen) atoms. The number of benzene rings is 1. The van der Waals surface area contributed by atoms with Gasteiger partial charge in [0, 0.05) is 0 Å². The molecular formula is C16H24Si. The average molecular weight is 244 g/mol. The fraction of sp³-hybridized carbons (Fsp3) is 0.500. The zero-order valence-corrected chi connectivity index (χ0v) is 12.2. The first-order valence-corrected chi connectivity index (χ1v) is 10.0. The lowest BCUT2D eigenvalue weighted by Crippen LogP contribution is -2.45. The summed E-state index contributed by atoms with van der Waals surface area (Å²) in [6.07, 6.45) is 11.9. The molecule has 1 aromatic carbocycles. The largest absolute Gasteiger partial charge is 0.0885 e. The minimum absolute atomic E-state index is 0.824. The van der Waals surface area contributed by atoms with E-state index >= 15 is 0 Å². The zero-order valence-electron chi connectivity index (χ0n) is 11.2. The molecule has 0 spiro atoms. The standard InChI is InChI=1S/C16H24Si/c1-17(2,16-13-9-6-10-14-16)15-11-7-4-3-5-8-12-15/h6-7,9-11,13-15H,3-5,8,12H2,1-2H3/b11-7-. The van der Waals surface area contributed by atoms with E-state index in [9.17, 15) is 0 Å². The van der Waals surface area contributed by atoms with Crippen LogP contribution in [-0.2, 0) is 0 Å². The smallest absolute Gasteiger partial charge is 0.0873 e. The van der Waals surface area contributed by atoms with Crippen LogP contribution in [0.3, 0.4) is 0 Å². The Morgan fingerprint density at radius 2 is 1.76 bits per heavy atom. The van der Waals surface area contributed by atoms with Gasteiger partial charge in [0.25, 0.3) is 0 Å². The predicted octanol–water partition coefficient (Wildman–Crippen LogP) is 4.49. The van der Waals surface area contributed by atoms with Crippen molar-refractivity contribution in [2.75, 3.05) is 0 Å². The van der Waals surface area contributed by atoms with Crippen LogP contribution < -0.4 is 5.19 Å². The summed E-state index contributed by atoms with van der Waals surface area (Å²) < 4.78 is 0. The first-order valence-electron chi connectivity index (χ1n) is 6.93. The summed E-state index contributed by atoms with van der Waals surface area (Å²) >= 11 is 0. The van der Waals surface area contributed by atoms with E-state index in [-0.39, 0.29) is 0 Å². The third-order valence-electron chi connectivity index (χ3n) is 4.20. The molecule has 0 heterocycles. The maximum absolute atomic E-state index is 2.53. The number of rotatable bonds is 2. The summed E-state index contributed by atoms with van der Waals surface area (Å²) in [6.45, 7) is 5.05. The zero-order chi connectivity index (χ0) is 12.1. The molecule has 0 N–H and O–H groups in total.